The summed E-state index contributed by atoms with van der Waals surface area (Å²) in [6.45, 7) is 2.02. The van der Waals surface area contributed by atoms with Crippen LogP contribution < -0.4 is 10.6 Å². The number of aryl methyl sites for hydroxylation is 1. The van der Waals surface area contributed by atoms with E-state index in [-0.39, 0.29) is 11.7 Å². The lowest BCUT2D eigenvalue weighted by Gasteiger charge is -2.41. The molecule has 2 N–H and O–H groups in total. The van der Waals surface area contributed by atoms with Crippen LogP contribution in [0.2, 0.25) is 0 Å². The van der Waals surface area contributed by atoms with Crippen molar-refractivity contribution in [3.63, 3.8) is 0 Å². The van der Waals surface area contributed by atoms with Crippen molar-refractivity contribution in [2.45, 2.75) is 31.6 Å². The minimum atomic E-state index is -0.470. The van der Waals surface area contributed by atoms with Gasteiger partial charge in [0.2, 0.25) is 0 Å². The van der Waals surface area contributed by atoms with Crippen LogP contribution in [0.25, 0.3) is 0 Å². The predicted molar refractivity (Wildman–Crippen MR) is 128 cm³/mol. The standard InChI is InChI=1S/C28H24N4O/c1-18-9-11-20(12-10-18)26-23(16-29)28(30)32(22-8-5-13-31-17-22)24-14-21(15-25(33)27(24)26)19-6-3-2-4-7-19/h2-13,17,21,26H,14-15,30H2,1H3/t21-,26-/m0/s1. The molecule has 0 saturated carbocycles. The Kier molecular flexibility index (Phi) is 5.27. The maximum absolute atomic E-state index is 13.7. The summed E-state index contributed by atoms with van der Waals surface area (Å²) in [5, 5.41) is 10.2. The molecule has 5 rings (SSSR count). The Morgan fingerprint density at radius 1 is 1.00 bits per heavy atom. The number of pyridine rings is 1. The second-order valence-corrected chi connectivity index (χ2v) is 8.60. The molecule has 0 amide bonds. The van der Waals surface area contributed by atoms with E-state index in [1.807, 2.05) is 66.4 Å². The van der Waals surface area contributed by atoms with Gasteiger partial charge in [-0.25, -0.2) is 0 Å². The molecule has 0 bridgehead atoms. The highest BCUT2D eigenvalue weighted by Crippen LogP contribution is 2.49. The zero-order chi connectivity index (χ0) is 22.9. The smallest absolute Gasteiger partial charge is 0.162 e. The SMILES string of the molecule is Cc1ccc([C@H]2C(C#N)=C(N)N(c3cccnc3)C3=C2C(=O)C[C@@H](c2ccccc2)C3)cc1. The highest BCUT2D eigenvalue weighted by molar-refractivity contribution is 6.01. The second-order valence-electron chi connectivity index (χ2n) is 8.60. The van der Waals surface area contributed by atoms with Crippen LogP contribution in [0, 0.1) is 18.3 Å². The molecule has 1 aliphatic heterocycles. The highest BCUT2D eigenvalue weighted by atomic mass is 16.1. The minimum Gasteiger partial charge on any atom is -0.384 e. The Morgan fingerprint density at radius 2 is 1.76 bits per heavy atom. The zero-order valence-electron chi connectivity index (χ0n) is 18.4. The number of allylic oxidation sites excluding steroid dienone is 3. The minimum absolute atomic E-state index is 0.0479. The van der Waals surface area contributed by atoms with E-state index < -0.39 is 5.92 Å². The van der Waals surface area contributed by atoms with Crippen LogP contribution in [-0.2, 0) is 4.79 Å². The maximum Gasteiger partial charge on any atom is 0.162 e. The van der Waals surface area contributed by atoms with Gasteiger partial charge in [-0.2, -0.15) is 5.26 Å². The Hall–Kier alpha value is -4.17. The summed E-state index contributed by atoms with van der Waals surface area (Å²) in [7, 11) is 0. The van der Waals surface area contributed by atoms with E-state index in [1.165, 1.54) is 0 Å². The summed E-state index contributed by atoms with van der Waals surface area (Å²) in [6.07, 6.45) is 4.48. The molecule has 1 aliphatic carbocycles. The summed E-state index contributed by atoms with van der Waals surface area (Å²) < 4.78 is 0. The Bertz CT molecular complexity index is 1300. The molecule has 5 nitrogen and oxygen atoms in total. The average Bonchev–Trinajstić information content (AvgIpc) is 2.85. The maximum atomic E-state index is 13.7. The first-order valence-corrected chi connectivity index (χ1v) is 11.1. The molecule has 2 aliphatic rings. The molecule has 0 unspecified atom stereocenters. The number of nitriles is 1. The van der Waals surface area contributed by atoms with Gasteiger partial charge >= 0.3 is 0 Å². The Morgan fingerprint density at radius 3 is 2.42 bits per heavy atom. The number of anilines is 1. The van der Waals surface area contributed by atoms with E-state index in [0.717, 1.165) is 28.1 Å². The third kappa shape index (κ3) is 3.60. The number of ketones is 1. The predicted octanol–water partition coefficient (Wildman–Crippen LogP) is 5.09. The normalized spacial score (nSPS) is 20.5. The van der Waals surface area contributed by atoms with Crippen LogP contribution in [0.15, 0.2) is 102 Å². The number of rotatable bonds is 3. The lowest BCUT2D eigenvalue weighted by atomic mass is 9.72. The fourth-order valence-electron chi connectivity index (χ4n) is 4.96. The van der Waals surface area contributed by atoms with Crippen LogP contribution in [0.3, 0.4) is 0 Å². The van der Waals surface area contributed by atoms with Gasteiger partial charge in [0.05, 0.1) is 29.4 Å². The van der Waals surface area contributed by atoms with Gasteiger partial charge in [-0.3, -0.25) is 14.7 Å². The molecule has 2 atom stereocenters. The van der Waals surface area contributed by atoms with Crippen molar-refractivity contribution in [2.75, 3.05) is 4.90 Å². The monoisotopic (exact) mass is 432 g/mol. The first-order valence-electron chi connectivity index (χ1n) is 11.1. The lowest BCUT2D eigenvalue weighted by Crippen LogP contribution is -2.40. The summed E-state index contributed by atoms with van der Waals surface area (Å²) in [5.41, 5.74) is 12.5. The summed E-state index contributed by atoms with van der Waals surface area (Å²) in [4.78, 5) is 19.9. The van der Waals surface area contributed by atoms with Crippen molar-refractivity contribution in [2.24, 2.45) is 5.73 Å². The average molecular weight is 433 g/mol. The van der Waals surface area contributed by atoms with Gasteiger partial charge in [0.1, 0.15) is 5.82 Å². The van der Waals surface area contributed by atoms with Gasteiger partial charge in [0.15, 0.2) is 5.78 Å². The zero-order valence-corrected chi connectivity index (χ0v) is 18.4. The van der Waals surface area contributed by atoms with Crippen LogP contribution >= 0.6 is 0 Å². The summed E-state index contributed by atoms with van der Waals surface area (Å²) in [6, 6.07) is 24.2. The number of benzene rings is 2. The van der Waals surface area contributed by atoms with E-state index in [0.29, 0.717) is 29.8 Å². The van der Waals surface area contributed by atoms with Gasteiger partial charge in [-0.05, 0) is 42.5 Å². The van der Waals surface area contributed by atoms with Crippen molar-refractivity contribution in [1.29, 1.82) is 5.26 Å². The number of nitrogens with two attached hydrogens (primary N) is 1. The highest BCUT2D eigenvalue weighted by Gasteiger charge is 2.42. The molecule has 0 spiro atoms. The molecule has 5 heteroatoms. The third-order valence-electron chi connectivity index (χ3n) is 6.55. The van der Waals surface area contributed by atoms with E-state index in [4.69, 9.17) is 5.73 Å². The van der Waals surface area contributed by atoms with Crippen LogP contribution in [0.5, 0.6) is 0 Å². The quantitative estimate of drug-likeness (QED) is 0.623. The number of Topliss-reactive ketones (excluding diaryl/α,β-unsaturated/α-hetero) is 1. The van der Waals surface area contributed by atoms with Crippen molar-refractivity contribution in [3.05, 3.63) is 118 Å². The van der Waals surface area contributed by atoms with Crippen LogP contribution in [0.4, 0.5) is 5.69 Å². The molecule has 0 saturated heterocycles. The first kappa shape index (κ1) is 20.7. The van der Waals surface area contributed by atoms with E-state index in [2.05, 4.69) is 23.2 Å². The number of hydrogen-bond donors (Lipinski definition) is 1. The molecule has 0 radical (unpaired) electrons. The van der Waals surface area contributed by atoms with Gasteiger partial charge < -0.3 is 5.73 Å². The van der Waals surface area contributed by atoms with E-state index in [9.17, 15) is 10.1 Å². The van der Waals surface area contributed by atoms with Crippen LogP contribution in [-0.4, -0.2) is 10.8 Å². The molecule has 162 valence electrons. The summed E-state index contributed by atoms with van der Waals surface area (Å²) >= 11 is 0. The van der Waals surface area contributed by atoms with E-state index >= 15 is 0 Å². The van der Waals surface area contributed by atoms with Gasteiger partial charge in [-0.15, -0.1) is 0 Å². The number of hydrogen-bond acceptors (Lipinski definition) is 5. The molecule has 2 heterocycles. The van der Waals surface area contributed by atoms with Gasteiger partial charge in [0.25, 0.3) is 0 Å². The number of carbonyl (C=O) groups is 1. The van der Waals surface area contributed by atoms with Crippen molar-refractivity contribution in [3.8, 4) is 6.07 Å². The topological polar surface area (TPSA) is 83.0 Å². The molecule has 1 aromatic heterocycles. The van der Waals surface area contributed by atoms with E-state index in [1.54, 1.807) is 12.4 Å². The fourth-order valence-corrected chi connectivity index (χ4v) is 4.96. The first-order chi connectivity index (χ1) is 16.1. The van der Waals surface area contributed by atoms with Crippen molar-refractivity contribution < 1.29 is 4.79 Å². The molecular weight excluding hydrogens is 408 g/mol. The van der Waals surface area contributed by atoms with Crippen molar-refractivity contribution in [1.82, 2.24) is 4.98 Å². The summed E-state index contributed by atoms with van der Waals surface area (Å²) in [5.74, 6) is -0.00405. The molecular formula is C28H24N4O. The van der Waals surface area contributed by atoms with Gasteiger partial charge in [-0.1, -0.05) is 60.2 Å². The third-order valence-corrected chi connectivity index (χ3v) is 6.55. The number of carbonyl (C=O) groups excluding carboxylic acids is 1. The number of aromatic nitrogens is 1. The molecule has 2 aromatic carbocycles. The largest absolute Gasteiger partial charge is 0.384 e. The fraction of sp³-hybridized carbons (Fsp3) is 0.179. The Balaban J connectivity index is 1.72. The van der Waals surface area contributed by atoms with Crippen LogP contribution in [0.1, 0.15) is 41.4 Å². The molecule has 0 fully saturated rings. The molecule has 33 heavy (non-hydrogen) atoms. The second kappa shape index (κ2) is 8.40. The lowest BCUT2D eigenvalue weighted by molar-refractivity contribution is -0.116. The molecule has 3 aromatic rings. The van der Waals surface area contributed by atoms with Gasteiger partial charge in [0, 0.05) is 23.9 Å². The van der Waals surface area contributed by atoms with Crippen molar-refractivity contribution >= 4 is 11.5 Å². The number of nitrogens with zero attached hydrogens (tertiary/aromatic N) is 3. The Labute approximate surface area is 193 Å².